The van der Waals surface area contributed by atoms with Gasteiger partial charge in [0, 0.05) is 30.8 Å². The highest BCUT2D eigenvalue weighted by molar-refractivity contribution is 6.05. The lowest BCUT2D eigenvalue weighted by atomic mass is 10.1. The fourth-order valence-electron chi connectivity index (χ4n) is 2.81. The molecule has 0 spiro atoms. The lowest BCUT2D eigenvalue weighted by Gasteiger charge is -2.17. The molecule has 1 aliphatic rings. The zero-order valence-corrected chi connectivity index (χ0v) is 13.8. The number of nitrogens with zero attached hydrogens (tertiary/aromatic N) is 3. The van der Waals surface area contributed by atoms with Crippen molar-refractivity contribution in [2.75, 3.05) is 30.4 Å². The van der Waals surface area contributed by atoms with Gasteiger partial charge < -0.3 is 15.0 Å². The minimum atomic E-state index is -0.445. The van der Waals surface area contributed by atoms with Gasteiger partial charge in [0.25, 0.3) is 11.6 Å². The van der Waals surface area contributed by atoms with Gasteiger partial charge in [-0.05, 0) is 31.0 Å². The first-order valence-corrected chi connectivity index (χ1v) is 7.93. The van der Waals surface area contributed by atoms with Gasteiger partial charge in [-0.15, -0.1) is 0 Å². The average molecular weight is 342 g/mol. The second-order valence-corrected chi connectivity index (χ2v) is 5.70. The van der Waals surface area contributed by atoms with Gasteiger partial charge in [0.15, 0.2) is 0 Å². The highest BCUT2D eigenvalue weighted by Crippen LogP contribution is 2.31. The molecule has 0 saturated carbocycles. The van der Waals surface area contributed by atoms with Gasteiger partial charge in [-0.2, -0.15) is 0 Å². The number of amides is 1. The Morgan fingerprint density at radius 2 is 2.04 bits per heavy atom. The van der Waals surface area contributed by atoms with Crippen molar-refractivity contribution < 1.29 is 14.5 Å². The van der Waals surface area contributed by atoms with Crippen molar-refractivity contribution in [3.8, 4) is 5.88 Å². The molecule has 130 valence electrons. The van der Waals surface area contributed by atoms with E-state index < -0.39 is 10.8 Å². The molecule has 1 aliphatic heterocycles. The molecular formula is C17H18N4O4. The summed E-state index contributed by atoms with van der Waals surface area (Å²) in [6.07, 6.45) is 3.50. The summed E-state index contributed by atoms with van der Waals surface area (Å²) in [5.74, 6) is 0.00615. The number of carbonyl (C=O) groups excluding carboxylic acids is 1. The molecule has 25 heavy (non-hydrogen) atoms. The number of methoxy groups -OCH3 is 1. The van der Waals surface area contributed by atoms with Crippen molar-refractivity contribution in [3.05, 3.63) is 52.2 Å². The summed E-state index contributed by atoms with van der Waals surface area (Å²) >= 11 is 0. The van der Waals surface area contributed by atoms with Crippen LogP contribution < -0.4 is 15.0 Å². The quantitative estimate of drug-likeness (QED) is 0.663. The predicted molar refractivity (Wildman–Crippen MR) is 93.3 cm³/mol. The van der Waals surface area contributed by atoms with E-state index in [1.165, 1.54) is 19.4 Å². The van der Waals surface area contributed by atoms with Crippen LogP contribution >= 0.6 is 0 Å². The lowest BCUT2D eigenvalue weighted by molar-refractivity contribution is -0.384. The minimum Gasteiger partial charge on any atom is -0.481 e. The smallest absolute Gasteiger partial charge is 0.293 e. The van der Waals surface area contributed by atoms with E-state index in [4.69, 9.17) is 4.74 Å². The molecule has 1 aromatic heterocycles. The van der Waals surface area contributed by atoms with Crippen molar-refractivity contribution in [1.82, 2.24) is 4.98 Å². The Kier molecular flexibility index (Phi) is 4.78. The van der Waals surface area contributed by atoms with Crippen LogP contribution in [0.25, 0.3) is 0 Å². The van der Waals surface area contributed by atoms with Gasteiger partial charge in [0.1, 0.15) is 5.69 Å². The lowest BCUT2D eigenvalue weighted by Crippen LogP contribution is -2.19. The van der Waals surface area contributed by atoms with Crippen LogP contribution in [-0.4, -0.2) is 36.0 Å². The largest absolute Gasteiger partial charge is 0.481 e. The number of rotatable bonds is 5. The summed E-state index contributed by atoms with van der Waals surface area (Å²) in [5, 5.41) is 14.1. The molecule has 2 heterocycles. The standard InChI is InChI=1S/C17H18N4O4/c1-25-16-7-5-13(11-18-16)19-17(22)12-4-6-14(15(10-12)21(23)24)20-8-2-3-9-20/h4-7,10-11H,2-3,8-9H2,1H3,(H,19,22). The number of aromatic nitrogens is 1. The van der Waals surface area contributed by atoms with E-state index in [1.807, 2.05) is 4.90 Å². The van der Waals surface area contributed by atoms with Crippen molar-refractivity contribution in [2.24, 2.45) is 0 Å². The molecule has 8 nitrogen and oxygen atoms in total. The molecule has 2 aromatic rings. The molecule has 0 bridgehead atoms. The molecule has 0 atom stereocenters. The first-order chi connectivity index (χ1) is 12.1. The predicted octanol–water partition coefficient (Wildman–Crippen LogP) is 2.85. The van der Waals surface area contributed by atoms with Gasteiger partial charge in [-0.25, -0.2) is 4.98 Å². The molecule has 1 fully saturated rings. The number of nitro groups is 1. The van der Waals surface area contributed by atoms with E-state index in [9.17, 15) is 14.9 Å². The van der Waals surface area contributed by atoms with Crippen LogP contribution in [0.1, 0.15) is 23.2 Å². The van der Waals surface area contributed by atoms with Crippen LogP contribution in [0.4, 0.5) is 17.1 Å². The number of nitro benzene ring substituents is 1. The van der Waals surface area contributed by atoms with Crippen LogP contribution in [0.5, 0.6) is 5.88 Å². The van der Waals surface area contributed by atoms with E-state index in [2.05, 4.69) is 10.3 Å². The van der Waals surface area contributed by atoms with Gasteiger partial charge in [0.05, 0.1) is 23.9 Å². The fraction of sp³-hybridized carbons (Fsp3) is 0.294. The molecule has 1 N–H and O–H groups in total. The summed E-state index contributed by atoms with van der Waals surface area (Å²) in [7, 11) is 1.50. The van der Waals surface area contributed by atoms with E-state index in [1.54, 1.807) is 24.3 Å². The maximum atomic E-state index is 12.4. The normalized spacial score (nSPS) is 13.6. The number of hydrogen-bond donors (Lipinski definition) is 1. The number of carbonyl (C=O) groups is 1. The molecule has 3 rings (SSSR count). The number of hydrogen-bond acceptors (Lipinski definition) is 6. The number of benzene rings is 1. The summed E-state index contributed by atoms with van der Waals surface area (Å²) in [4.78, 5) is 29.3. The molecule has 1 saturated heterocycles. The molecule has 0 unspecified atom stereocenters. The third-order valence-corrected chi connectivity index (χ3v) is 4.08. The van der Waals surface area contributed by atoms with Crippen molar-refractivity contribution >= 4 is 23.0 Å². The topological polar surface area (TPSA) is 97.6 Å². The first kappa shape index (κ1) is 16.7. The number of nitrogens with one attached hydrogen (secondary N) is 1. The van der Waals surface area contributed by atoms with E-state index in [0.29, 0.717) is 17.3 Å². The van der Waals surface area contributed by atoms with Crippen LogP contribution in [-0.2, 0) is 0 Å². The maximum Gasteiger partial charge on any atom is 0.293 e. The van der Waals surface area contributed by atoms with Gasteiger partial charge >= 0.3 is 0 Å². The molecule has 0 aliphatic carbocycles. The Labute approximate surface area is 144 Å². The summed E-state index contributed by atoms with van der Waals surface area (Å²) < 4.78 is 4.96. The van der Waals surface area contributed by atoms with Crippen molar-refractivity contribution in [2.45, 2.75) is 12.8 Å². The second-order valence-electron chi connectivity index (χ2n) is 5.70. The van der Waals surface area contributed by atoms with E-state index in [0.717, 1.165) is 25.9 Å². The SMILES string of the molecule is COc1ccc(NC(=O)c2ccc(N3CCCC3)c([N+](=O)[O-])c2)cn1. The minimum absolute atomic E-state index is 0.0533. The second kappa shape index (κ2) is 7.16. The zero-order valence-electron chi connectivity index (χ0n) is 13.8. The van der Waals surface area contributed by atoms with Crippen LogP contribution in [0, 0.1) is 10.1 Å². The summed E-state index contributed by atoms with van der Waals surface area (Å²) in [6, 6.07) is 7.84. The number of ether oxygens (including phenoxy) is 1. The van der Waals surface area contributed by atoms with Crippen LogP contribution in [0.15, 0.2) is 36.5 Å². The summed E-state index contributed by atoms with van der Waals surface area (Å²) in [6.45, 7) is 1.59. The third-order valence-electron chi connectivity index (χ3n) is 4.08. The van der Waals surface area contributed by atoms with Crippen LogP contribution in [0.2, 0.25) is 0 Å². The molecule has 0 radical (unpaired) electrons. The van der Waals surface area contributed by atoms with E-state index >= 15 is 0 Å². The van der Waals surface area contributed by atoms with Crippen LogP contribution in [0.3, 0.4) is 0 Å². The van der Waals surface area contributed by atoms with Crippen molar-refractivity contribution in [1.29, 1.82) is 0 Å². The maximum absolute atomic E-state index is 12.4. The van der Waals surface area contributed by atoms with Gasteiger partial charge in [-0.1, -0.05) is 0 Å². The molecule has 1 aromatic carbocycles. The average Bonchev–Trinajstić information content (AvgIpc) is 3.16. The third kappa shape index (κ3) is 3.68. The Morgan fingerprint density at radius 1 is 1.28 bits per heavy atom. The Balaban J connectivity index is 1.82. The summed E-state index contributed by atoms with van der Waals surface area (Å²) in [5.41, 5.74) is 1.22. The zero-order chi connectivity index (χ0) is 17.8. The monoisotopic (exact) mass is 342 g/mol. The number of pyridine rings is 1. The fourth-order valence-corrected chi connectivity index (χ4v) is 2.81. The first-order valence-electron chi connectivity index (χ1n) is 7.93. The van der Waals surface area contributed by atoms with Crippen molar-refractivity contribution in [3.63, 3.8) is 0 Å². The Morgan fingerprint density at radius 3 is 2.64 bits per heavy atom. The molecule has 1 amide bonds. The Hall–Kier alpha value is -3.16. The Bertz CT molecular complexity index is 786. The molecule has 8 heteroatoms. The van der Waals surface area contributed by atoms with Gasteiger partial charge in [-0.3, -0.25) is 14.9 Å². The molecular weight excluding hydrogens is 324 g/mol. The highest BCUT2D eigenvalue weighted by atomic mass is 16.6. The number of anilines is 2. The van der Waals surface area contributed by atoms with Gasteiger partial charge in [0.2, 0.25) is 5.88 Å². The highest BCUT2D eigenvalue weighted by Gasteiger charge is 2.23. The van der Waals surface area contributed by atoms with E-state index in [-0.39, 0.29) is 11.3 Å².